The topological polar surface area (TPSA) is 89.5 Å². The Kier molecular flexibility index (Phi) is 5.54. The van der Waals surface area contributed by atoms with Gasteiger partial charge in [-0.15, -0.1) is 0 Å². The Bertz CT molecular complexity index is 1050. The largest absolute Gasteiger partial charge is 0.444 e. The zero-order chi connectivity index (χ0) is 22.3. The standard InChI is InChI=1S/C23H27NO5S/c1-15-6-10-17(11-7-15)19-20(30(27,28)18-12-8-16(2)9-13-18)23(19,14-25)24-21(26)29-22(3,4)5/h6-14,19-20H,1-5H3,(H,24,26)/t19-,20-,23-/m0/s1. The van der Waals surface area contributed by atoms with Crippen molar-refractivity contribution < 1.29 is 22.7 Å². The van der Waals surface area contributed by atoms with Crippen LogP contribution in [-0.2, 0) is 19.4 Å². The predicted octanol–water partition coefficient (Wildman–Crippen LogP) is 3.71. The number of alkyl carbamates (subject to hydrolysis) is 1. The van der Waals surface area contributed by atoms with Gasteiger partial charge in [-0.05, 0) is 52.3 Å². The molecule has 6 nitrogen and oxygen atoms in total. The molecule has 3 rings (SSSR count). The minimum absolute atomic E-state index is 0.116. The molecule has 2 aromatic rings. The summed E-state index contributed by atoms with van der Waals surface area (Å²) in [6.45, 7) is 8.88. The first-order chi connectivity index (χ1) is 13.9. The quantitative estimate of drug-likeness (QED) is 0.732. The molecule has 7 heteroatoms. The lowest BCUT2D eigenvalue weighted by atomic mass is 10.1. The number of hydrogen-bond acceptors (Lipinski definition) is 5. The van der Waals surface area contributed by atoms with Gasteiger partial charge in [0, 0.05) is 5.92 Å². The van der Waals surface area contributed by atoms with Crippen molar-refractivity contribution in [2.45, 2.75) is 61.8 Å². The highest BCUT2D eigenvalue weighted by Gasteiger charge is 2.73. The highest BCUT2D eigenvalue weighted by atomic mass is 32.2. The second-order valence-electron chi connectivity index (χ2n) is 8.84. The molecular formula is C23H27NO5S. The zero-order valence-corrected chi connectivity index (χ0v) is 18.6. The van der Waals surface area contributed by atoms with Crippen LogP contribution in [0.3, 0.4) is 0 Å². The molecule has 1 aliphatic rings. The van der Waals surface area contributed by atoms with E-state index < -0.39 is 38.2 Å². The van der Waals surface area contributed by atoms with Crippen LogP contribution in [0.2, 0.25) is 0 Å². The number of aldehydes is 1. The van der Waals surface area contributed by atoms with Gasteiger partial charge in [0.25, 0.3) is 0 Å². The fourth-order valence-corrected chi connectivity index (χ4v) is 5.95. The normalized spacial score (nSPS) is 23.5. The third-order valence-corrected chi connectivity index (χ3v) is 7.47. The number of rotatable bonds is 5. The summed E-state index contributed by atoms with van der Waals surface area (Å²) in [5.41, 5.74) is 0.224. The van der Waals surface area contributed by atoms with Crippen molar-refractivity contribution in [2.75, 3.05) is 0 Å². The van der Waals surface area contributed by atoms with Crippen LogP contribution in [0.15, 0.2) is 53.4 Å². The minimum Gasteiger partial charge on any atom is -0.444 e. The number of carbonyl (C=O) groups excluding carboxylic acids is 2. The van der Waals surface area contributed by atoms with E-state index in [0.29, 0.717) is 11.8 Å². The first kappa shape index (κ1) is 22.0. The maximum absolute atomic E-state index is 13.4. The number of amides is 1. The van der Waals surface area contributed by atoms with Crippen LogP contribution in [-0.4, -0.2) is 37.2 Å². The number of carbonyl (C=O) groups is 2. The van der Waals surface area contributed by atoms with Crippen molar-refractivity contribution in [2.24, 2.45) is 0 Å². The molecule has 0 aromatic heterocycles. The Morgan fingerprint density at radius 2 is 1.50 bits per heavy atom. The van der Waals surface area contributed by atoms with Gasteiger partial charge in [0.15, 0.2) is 9.84 Å². The average Bonchev–Trinajstić information content (AvgIpc) is 3.30. The summed E-state index contributed by atoms with van der Waals surface area (Å²) >= 11 is 0. The molecular weight excluding hydrogens is 402 g/mol. The molecule has 2 aromatic carbocycles. The summed E-state index contributed by atoms with van der Waals surface area (Å²) < 4.78 is 32.2. The second kappa shape index (κ2) is 7.54. The average molecular weight is 430 g/mol. The van der Waals surface area contributed by atoms with Crippen LogP contribution >= 0.6 is 0 Å². The van der Waals surface area contributed by atoms with Crippen LogP contribution in [0.25, 0.3) is 0 Å². The molecule has 1 N–H and O–H groups in total. The summed E-state index contributed by atoms with van der Waals surface area (Å²) in [7, 11) is -3.90. The molecule has 1 saturated carbocycles. The molecule has 1 fully saturated rings. The minimum atomic E-state index is -3.90. The molecule has 0 saturated heterocycles. The van der Waals surface area contributed by atoms with Gasteiger partial charge in [0.05, 0.1) is 4.90 Å². The van der Waals surface area contributed by atoms with Crippen molar-refractivity contribution in [1.29, 1.82) is 0 Å². The Hall–Kier alpha value is -2.67. The maximum Gasteiger partial charge on any atom is 0.408 e. The van der Waals surface area contributed by atoms with Gasteiger partial charge < -0.3 is 14.8 Å². The predicted molar refractivity (Wildman–Crippen MR) is 114 cm³/mol. The van der Waals surface area contributed by atoms with E-state index in [1.165, 1.54) is 12.1 Å². The SMILES string of the molecule is Cc1ccc([C@H]2[C@H](S(=O)(=O)c3ccc(C)cc3)[C@@]2(C=O)NC(=O)OC(C)(C)C)cc1. The molecule has 30 heavy (non-hydrogen) atoms. The lowest BCUT2D eigenvalue weighted by molar-refractivity contribution is -0.110. The van der Waals surface area contributed by atoms with E-state index >= 15 is 0 Å². The van der Waals surface area contributed by atoms with Crippen LogP contribution in [0.4, 0.5) is 4.79 Å². The van der Waals surface area contributed by atoms with E-state index in [2.05, 4.69) is 5.32 Å². The summed E-state index contributed by atoms with van der Waals surface area (Å²) in [6, 6.07) is 13.8. The van der Waals surface area contributed by atoms with Gasteiger partial charge in [-0.1, -0.05) is 47.5 Å². The van der Waals surface area contributed by atoms with Gasteiger partial charge in [-0.2, -0.15) is 0 Å². The van der Waals surface area contributed by atoms with Crippen LogP contribution in [0.5, 0.6) is 0 Å². The van der Waals surface area contributed by atoms with Crippen molar-refractivity contribution in [3.63, 3.8) is 0 Å². The highest BCUT2D eigenvalue weighted by molar-refractivity contribution is 7.92. The maximum atomic E-state index is 13.4. The number of nitrogens with one attached hydrogen (secondary N) is 1. The van der Waals surface area contributed by atoms with Gasteiger partial charge in [-0.25, -0.2) is 13.2 Å². The summed E-state index contributed by atoms with van der Waals surface area (Å²) in [5, 5.41) is 1.44. The molecule has 1 aliphatic carbocycles. The number of hydrogen-bond donors (Lipinski definition) is 1. The van der Waals surface area contributed by atoms with Gasteiger partial charge >= 0.3 is 6.09 Å². The molecule has 1 amide bonds. The van der Waals surface area contributed by atoms with Gasteiger partial charge in [0.2, 0.25) is 0 Å². The van der Waals surface area contributed by atoms with Crippen LogP contribution < -0.4 is 5.32 Å². The first-order valence-electron chi connectivity index (χ1n) is 9.75. The third kappa shape index (κ3) is 4.12. The summed E-state index contributed by atoms with van der Waals surface area (Å²) in [5.74, 6) is -0.713. The van der Waals surface area contributed by atoms with Crippen molar-refractivity contribution in [3.05, 3.63) is 65.2 Å². The second-order valence-corrected chi connectivity index (χ2v) is 10.9. The Balaban J connectivity index is 2.04. The Morgan fingerprint density at radius 3 is 1.97 bits per heavy atom. The van der Waals surface area contributed by atoms with E-state index in [9.17, 15) is 18.0 Å². The monoisotopic (exact) mass is 429 g/mol. The Labute approximate surface area is 177 Å². The fourth-order valence-electron chi connectivity index (χ4n) is 3.71. The van der Waals surface area contributed by atoms with E-state index in [-0.39, 0.29) is 4.90 Å². The fraction of sp³-hybridized carbons (Fsp3) is 0.391. The number of aryl methyl sites for hydroxylation is 2. The smallest absolute Gasteiger partial charge is 0.408 e. The zero-order valence-electron chi connectivity index (χ0n) is 17.8. The first-order valence-corrected chi connectivity index (χ1v) is 11.3. The molecule has 0 bridgehead atoms. The van der Waals surface area contributed by atoms with Crippen LogP contribution in [0, 0.1) is 13.8 Å². The lowest BCUT2D eigenvalue weighted by Crippen LogP contribution is -2.45. The lowest BCUT2D eigenvalue weighted by Gasteiger charge is -2.22. The number of ether oxygens (including phenoxy) is 1. The van der Waals surface area contributed by atoms with Crippen LogP contribution in [0.1, 0.15) is 43.4 Å². The Morgan fingerprint density at radius 1 is 1.00 bits per heavy atom. The number of benzene rings is 2. The van der Waals surface area contributed by atoms with E-state index in [0.717, 1.165) is 11.1 Å². The molecule has 0 aliphatic heterocycles. The number of sulfone groups is 1. The van der Waals surface area contributed by atoms with E-state index in [1.807, 2.05) is 26.0 Å². The summed E-state index contributed by atoms with van der Waals surface area (Å²) in [6.07, 6.45) is -0.300. The van der Waals surface area contributed by atoms with Gasteiger partial charge in [0.1, 0.15) is 22.7 Å². The molecule has 0 unspecified atom stereocenters. The van der Waals surface area contributed by atoms with Gasteiger partial charge in [-0.3, -0.25) is 0 Å². The van der Waals surface area contributed by atoms with Crippen molar-refractivity contribution in [3.8, 4) is 0 Å². The highest BCUT2D eigenvalue weighted by Crippen LogP contribution is 2.56. The molecule has 0 radical (unpaired) electrons. The van der Waals surface area contributed by atoms with Crippen molar-refractivity contribution in [1.82, 2.24) is 5.32 Å². The molecule has 0 heterocycles. The summed E-state index contributed by atoms with van der Waals surface area (Å²) in [4.78, 5) is 24.8. The van der Waals surface area contributed by atoms with Crippen molar-refractivity contribution >= 4 is 22.2 Å². The van der Waals surface area contributed by atoms with E-state index in [1.54, 1.807) is 45.0 Å². The third-order valence-electron chi connectivity index (χ3n) is 5.21. The molecule has 3 atom stereocenters. The molecule has 0 spiro atoms. The molecule has 160 valence electrons. The van der Waals surface area contributed by atoms with E-state index in [4.69, 9.17) is 4.74 Å².